The molecule has 0 aromatic rings. The van der Waals surface area contributed by atoms with Gasteiger partial charge in [-0.1, -0.05) is 25.7 Å². The molecular formula is C24H46N4O4Zn. The molecule has 9 heteroatoms. The number of carbonyl (C=O) groups is 2. The number of nitrogens with one attached hydrogen (secondary N) is 4. The second kappa shape index (κ2) is 18.7. The molecule has 1 saturated heterocycles. The van der Waals surface area contributed by atoms with Crippen molar-refractivity contribution >= 4 is 11.9 Å². The quantitative estimate of drug-likeness (QED) is 0.330. The van der Waals surface area contributed by atoms with Crippen molar-refractivity contribution in [1.29, 1.82) is 0 Å². The van der Waals surface area contributed by atoms with Crippen molar-refractivity contribution in [3.05, 3.63) is 0 Å². The van der Waals surface area contributed by atoms with E-state index in [4.69, 9.17) is 19.8 Å². The fraction of sp³-hybridized carbons (Fsp3) is 0.917. The number of hydrogen-bond donors (Lipinski definition) is 4. The van der Waals surface area contributed by atoms with Gasteiger partial charge in [0.1, 0.15) is 0 Å². The Hall–Kier alpha value is -0.597. The van der Waals surface area contributed by atoms with Crippen molar-refractivity contribution in [3.63, 3.8) is 0 Å². The summed E-state index contributed by atoms with van der Waals surface area (Å²) in [6, 6.07) is 3.91. The number of fused-ring (bicyclic) bond motifs is 2. The van der Waals surface area contributed by atoms with Crippen molar-refractivity contribution in [2.75, 3.05) is 13.1 Å². The second-order valence-electron chi connectivity index (χ2n) is 9.60. The molecule has 3 rings (SSSR count). The summed E-state index contributed by atoms with van der Waals surface area (Å²) in [6.45, 7) is 8.99. The van der Waals surface area contributed by atoms with E-state index in [1.54, 1.807) is 0 Å². The first-order valence-electron chi connectivity index (χ1n) is 12.5. The van der Waals surface area contributed by atoms with Gasteiger partial charge in [0, 0.05) is 48.2 Å². The van der Waals surface area contributed by atoms with Crippen molar-refractivity contribution in [1.82, 2.24) is 21.3 Å². The number of aliphatic carboxylic acids is 2. The van der Waals surface area contributed by atoms with Crippen molar-refractivity contribution in [3.8, 4) is 0 Å². The Morgan fingerprint density at radius 3 is 1.18 bits per heavy atom. The minimum atomic E-state index is -1.08. The molecule has 6 atom stereocenters. The van der Waals surface area contributed by atoms with Gasteiger partial charge < -0.3 is 41.1 Å². The van der Waals surface area contributed by atoms with Crippen LogP contribution in [0.1, 0.15) is 91.9 Å². The van der Waals surface area contributed by atoms with E-state index in [2.05, 4.69) is 35.1 Å². The van der Waals surface area contributed by atoms with Crippen LogP contribution in [0.25, 0.3) is 0 Å². The van der Waals surface area contributed by atoms with Gasteiger partial charge in [-0.05, 0) is 79.3 Å². The van der Waals surface area contributed by atoms with Crippen molar-refractivity contribution < 1.29 is 39.3 Å². The van der Waals surface area contributed by atoms with E-state index in [0.717, 1.165) is 26.9 Å². The molecule has 1 heterocycles. The van der Waals surface area contributed by atoms with E-state index >= 15 is 0 Å². The van der Waals surface area contributed by atoms with Crippen LogP contribution in [0, 0.1) is 0 Å². The Labute approximate surface area is 213 Å². The van der Waals surface area contributed by atoms with Gasteiger partial charge in [-0.25, -0.2) is 0 Å². The molecule has 2 aliphatic carbocycles. The van der Waals surface area contributed by atoms with Gasteiger partial charge in [0.05, 0.1) is 0 Å². The van der Waals surface area contributed by atoms with Crippen LogP contribution in [-0.2, 0) is 29.1 Å². The molecule has 8 nitrogen and oxygen atoms in total. The van der Waals surface area contributed by atoms with Crippen LogP contribution in [0.15, 0.2) is 0 Å². The minimum absolute atomic E-state index is 0. The third kappa shape index (κ3) is 15.8. The maximum absolute atomic E-state index is 8.89. The van der Waals surface area contributed by atoms with E-state index in [1.165, 1.54) is 64.2 Å². The third-order valence-corrected chi connectivity index (χ3v) is 6.50. The molecule has 0 unspecified atom stereocenters. The summed E-state index contributed by atoms with van der Waals surface area (Å²) in [6.07, 6.45) is 13.4. The van der Waals surface area contributed by atoms with Crippen LogP contribution in [0.3, 0.4) is 0 Å². The number of carbonyl (C=O) groups excluding carboxylic acids is 2. The summed E-state index contributed by atoms with van der Waals surface area (Å²) < 4.78 is 0. The first kappa shape index (κ1) is 32.4. The summed E-state index contributed by atoms with van der Waals surface area (Å²) in [7, 11) is 0. The Morgan fingerprint density at radius 2 is 0.879 bits per heavy atom. The Bertz CT molecular complexity index is 487. The zero-order valence-corrected chi connectivity index (χ0v) is 24.3. The average Bonchev–Trinajstić information content (AvgIpc) is 2.69. The molecule has 0 bridgehead atoms. The topological polar surface area (TPSA) is 128 Å². The standard InChI is InChI=1S/C20H40N4.2C2H4O2.Zn/c1-15-11-13-21-18-8-4-6-10-20(18)24-16(2)12-14-22-17-7-3-5-9-19(17)23-15;2*1-2(3)4;/h15-24H,3-14H2,1-2H3;2*1H3,(H,3,4);/q;;;+2/p-2/t15-,16+,17-,18+,19-,20+;;;. The fourth-order valence-corrected chi connectivity index (χ4v) is 5.02. The van der Waals surface area contributed by atoms with Crippen LogP contribution >= 0.6 is 0 Å². The fourth-order valence-electron chi connectivity index (χ4n) is 5.02. The number of rotatable bonds is 0. The number of carboxylic acids is 2. The van der Waals surface area contributed by atoms with Gasteiger partial charge in [0.2, 0.25) is 0 Å². The molecule has 1 aliphatic heterocycles. The Balaban J connectivity index is 0.000000991. The number of carboxylic acid groups (broad SMARTS) is 2. The van der Waals surface area contributed by atoms with E-state index in [-0.39, 0.29) is 19.5 Å². The molecule has 2 saturated carbocycles. The minimum Gasteiger partial charge on any atom is -0.550 e. The molecule has 3 aliphatic rings. The van der Waals surface area contributed by atoms with Gasteiger partial charge in [-0.2, -0.15) is 0 Å². The molecule has 0 aromatic carbocycles. The third-order valence-electron chi connectivity index (χ3n) is 6.50. The van der Waals surface area contributed by atoms with Gasteiger partial charge in [0.25, 0.3) is 0 Å². The number of hydrogen-bond acceptors (Lipinski definition) is 8. The first-order valence-corrected chi connectivity index (χ1v) is 12.5. The van der Waals surface area contributed by atoms with Crippen LogP contribution in [0.5, 0.6) is 0 Å². The smallest absolute Gasteiger partial charge is 0.550 e. The molecule has 0 amide bonds. The maximum Gasteiger partial charge on any atom is 2.00 e. The first-order chi connectivity index (χ1) is 15.2. The van der Waals surface area contributed by atoms with Crippen LogP contribution < -0.4 is 31.5 Å². The normalized spacial score (nSPS) is 33.0. The van der Waals surface area contributed by atoms with Gasteiger partial charge in [0.15, 0.2) is 0 Å². The van der Waals surface area contributed by atoms with Crippen LogP contribution in [0.4, 0.5) is 0 Å². The van der Waals surface area contributed by atoms with E-state index in [1.807, 2.05) is 0 Å². The zero-order valence-electron chi connectivity index (χ0n) is 21.3. The molecule has 3 fully saturated rings. The summed E-state index contributed by atoms with van der Waals surface area (Å²) in [5.41, 5.74) is 0. The summed E-state index contributed by atoms with van der Waals surface area (Å²) >= 11 is 0. The summed E-state index contributed by atoms with van der Waals surface area (Å²) in [5, 5.41) is 33.4. The summed E-state index contributed by atoms with van der Waals surface area (Å²) in [5.74, 6) is -2.17. The van der Waals surface area contributed by atoms with E-state index in [9.17, 15) is 0 Å². The van der Waals surface area contributed by atoms with Gasteiger partial charge in [-0.3, -0.25) is 0 Å². The monoisotopic (exact) mass is 518 g/mol. The van der Waals surface area contributed by atoms with Crippen LogP contribution in [-0.4, -0.2) is 61.3 Å². The van der Waals surface area contributed by atoms with Crippen LogP contribution in [0.2, 0.25) is 0 Å². The van der Waals surface area contributed by atoms with Crippen molar-refractivity contribution in [2.45, 2.75) is 128 Å². The predicted octanol–water partition coefficient (Wildman–Crippen LogP) is 0.0479. The van der Waals surface area contributed by atoms with E-state index < -0.39 is 11.9 Å². The van der Waals surface area contributed by atoms with Crippen molar-refractivity contribution in [2.24, 2.45) is 0 Å². The average molecular weight is 520 g/mol. The molecule has 4 N–H and O–H groups in total. The van der Waals surface area contributed by atoms with E-state index in [0.29, 0.717) is 36.3 Å². The molecule has 0 radical (unpaired) electrons. The SMILES string of the molecule is CC(=O)[O-].CC(=O)[O-].C[C@@H]1CCN[C@H]2CCCC[C@@H]2N[C@@H](C)CCN[C@@H]2CCCC[C@H]2N1.[Zn+2]. The molecular weight excluding hydrogens is 474 g/mol. The van der Waals surface area contributed by atoms with Gasteiger partial charge >= 0.3 is 19.5 Å². The zero-order chi connectivity index (χ0) is 23.9. The van der Waals surface area contributed by atoms with Gasteiger partial charge in [-0.15, -0.1) is 0 Å². The predicted molar refractivity (Wildman–Crippen MR) is 124 cm³/mol. The largest absolute Gasteiger partial charge is 2.00 e. The molecule has 33 heavy (non-hydrogen) atoms. The Kier molecular flexibility index (Phi) is 18.4. The Morgan fingerprint density at radius 1 is 0.606 bits per heavy atom. The molecule has 0 spiro atoms. The maximum atomic E-state index is 8.89. The summed E-state index contributed by atoms with van der Waals surface area (Å²) in [4.78, 5) is 17.8. The second-order valence-corrected chi connectivity index (χ2v) is 9.60. The molecule has 0 aromatic heterocycles. The molecule has 188 valence electrons.